The number of hydrogen-bond acceptors (Lipinski definition) is 3. The molecule has 0 aliphatic heterocycles. The molecule has 0 fully saturated rings. The Kier molecular flexibility index (Phi) is 8.39. The van der Waals surface area contributed by atoms with Crippen molar-refractivity contribution in [1.29, 1.82) is 0 Å². The third-order valence-electron chi connectivity index (χ3n) is 12.6. The summed E-state index contributed by atoms with van der Waals surface area (Å²) in [5.74, 6) is 0.687. The molecule has 0 saturated carbocycles. The van der Waals surface area contributed by atoms with E-state index in [1.165, 1.54) is 38.9 Å². The normalized spacial score (nSPS) is 12.6. The van der Waals surface area contributed by atoms with Crippen LogP contribution in [-0.4, -0.2) is 9.97 Å². The predicted octanol–water partition coefficient (Wildman–Crippen LogP) is 15.1. The average molecular weight is 791 g/mol. The average Bonchev–Trinajstić information content (AvgIpc) is 3.89. The zero-order valence-electron chi connectivity index (χ0n) is 33.7. The Hall–Kier alpha value is -8.14. The molecule has 2 aromatic heterocycles. The maximum absolute atomic E-state index is 6.39. The number of benzene rings is 9. The van der Waals surface area contributed by atoms with Gasteiger partial charge in [0.05, 0.1) is 16.8 Å². The lowest BCUT2D eigenvalue weighted by atomic mass is 9.66. The Morgan fingerprint density at radius 1 is 0.339 bits per heavy atom. The molecule has 0 amide bonds. The Morgan fingerprint density at radius 2 is 0.823 bits per heavy atom. The van der Waals surface area contributed by atoms with E-state index in [4.69, 9.17) is 14.4 Å². The van der Waals surface area contributed by atoms with Crippen molar-refractivity contribution in [2.45, 2.75) is 5.41 Å². The van der Waals surface area contributed by atoms with Crippen molar-refractivity contribution in [3.8, 4) is 67.3 Å². The highest BCUT2D eigenvalue weighted by Gasteiger charge is 2.47. The van der Waals surface area contributed by atoms with Gasteiger partial charge in [-0.15, -0.1) is 0 Å². The fourth-order valence-corrected chi connectivity index (χ4v) is 9.82. The van der Waals surface area contributed by atoms with E-state index >= 15 is 0 Å². The topological polar surface area (TPSA) is 38.9 Å². The second kappa shape index (κ2) is 14.5. The standard InChI is InChI=1S/C59H38N2O/c1-4-16-43(17-5-1)58-60-53(38-54(61-58)42-36-32-40(33-37-42)47-25-15-27-51-49-23-11-13-29-55(49)62-57(47)51)41-34-30-39(31-35-41)46-24-14-26-50-48-22-10-12-28-52(48)59(56(46)50,44-18-6-2-7-19-44)45-20-8-3-9-21-45/h1-38H. The molecule has 3 heteroatoms. The zero-order chi connectivity index (χ0) is 41.0. The van der Waals surface area contributed by atoms with Crippen molar-refractivity contribution < 1.29 is 4.42 Å². The van der Waals surface area contributed by atoms with Crippen LogP contribution in [0.2, 0.25) is 0 Å². The van der Waals surface area contributed by atoms with Crippen molar-refractivity contribution in [3.63, 3.8) is 0 Å². The van der Waals surface area contributed by atoms with Gasteiger partial charge in [0.25, 0.3) is 0 Å². The van der Waals surface area contributed by atoms with Crippen molar-refractivity contribution in [2.75, 3.05) is 0 Å². The number of hydrogen-bond donors (Lipinski definition) is 0. The van der Waals surface area contributed by atoms with E-state index in [-0.39, 0.29) is 0 Å². The lowest BCUT2D eigenvalue weighted by molar-refractivity contribution is 0.670. The summed E-state index contributed by atoms with van der Waals surface area (Å²) in [5.41, 5.74) is 18.2. The maximum Gasteiger partial charge on any atom is 0.160 e. The first kappa shape index (κ1) is 35.8. The fourth-order valence-electron chi connectivity index (χ4n) is 9.82. The Balaban J connectivity index is 0.964. The Labute approximate surface area is 360 Å². The van der Waals surface area contributed by atoms with Crippen LogP contribution in [0.25, 0.3) is 89.2 Å². The number of nitrogens with zero attached hydrogens (tertiary/aromatic N) is 2. The summed E-state index contributed by atoms with van der Waals surface area (Å²) < 4.78 is 6.39. The highest BCUT2D eigenvalue weighted by atomic mass is 16.3. The number of aromatic nitrogens is 2. The Bertz CT molecular complexity index is 3390. The van der Waals surface area contributed by atoms with Gasteiger partial charge in [0.15, 0.2) is 5.82 Å². The summed E-state index contributed by atoms with van der Waals surface area (Å²) in [6.07, 6.45) is 0. The lowest BCUT2D eigenvalue weighted by Gasteiger charge is -2.35. The molecule has 1 aliphatic carbocycles. The molecule has 11 aromatic rings. The summed E-state index contributed by atoms with van der Waals surface area (Å²) in [5, 5.41) is 2.25. The largest absolute Gasteiger partial charge is 0.455 e. The minimum Gasteiger partial charge on any atom is -0.455 e. The maximum atomic E-state index is 6.39. The van der Waals surface area contributed by atoms with Gasteiger partial charge in [0.2, 0.25) is 0 Å². The first-order valence-electron chi connectivity index (χ1n) is 21.1. The van der Waals surface area contributed by atoms with Gasteiger partial charge in [-0.2, -0.15) is 0 Å². The van der Waals surface area contributed by atoms with Gasteiger partial charge < -0.3 is 4.42 Å². The highest BCUT2D eigenvalue weighted by Crippen LogP contribution is 2.58. The van der Waals surface area contributed by atoms with Gasteiger partial charge in [0, 0.05) is 33.0 Å². The van der Waals surface area contributed by atoms with Crippen LogP contribution in [0.15, 0.2) is 235 Å². The van der Waals surface area contributed by atoms with Crippen LogP contribution in [0.4, 0.5) is 0 Å². The smallest absolute Gasteiger partial charge is 0.160 e. The van der Waals surface area contributed by atoms with Gasteiger partial charge in [-0.05, 0) is 62.2 Å². The molecule has 0 unspecified atom stereocenters. The van der Waals surface area contributed by atoms with E-state index in [0.29, 0.717) is 5.82 Å². The lowest BCUT2D eigenvalue weighted by Crippen LogP contribution is -2.29. The van der Waals surface area contributed by atoms with E-state index in [1.807, 2.05) is 30.3 Å². The SMILES string of the molecule is c1ccc(-c2nc(-c3ccc(-c4cccc5c4C(c4ccccc4)(c4ccccc4)c4ccccc4-5)cc3)cc(-c3ccc(-c4cccc5c4oc4ccccc45)cc3)n2)cc1. The molecule has 12 rings (SSSR count). The quantitative estimate of drug-likeness (QED) is 0.161. The molecular formula is C59H38N2O. The van der Waals surface area contributed by atoms with E-state index in [9.17, 15) is 0 Å². The van der Waals surface area contributed by atoms with Gasteiger partial charge in [-0.1, -0.05) is 218 Å². The summed E-state index contributed by atoms with van der Waals surface area (Å²) in [7, 11) is 0. The molecule has 0 saturated heterocycles. The summed E-state index contributed by atoms with van der Waals surface area (Å²) in [6, 6.07) is 82.2. The Morgan fingerprint density at radius 3 is 1.50 bits per heavy atom. The minimum absolute atomic E-state index is 0.496. The number of furan rings is 1. The van der Waals surface area contributed by atoms with Crippen molar-refractivity contribution >= 4 is 21.9 Å². The van der Waals surface area contributed by atoms with E-state index in [2.05, 4.69) is 200 Å². The van der Waals surface area contributed by atoms with Gasteiger partial charge >= 0.3 is 0 Å². The van der Waals surface area contributed by atoms with Crippen LogP contribution in [0.5, 0.6) is 0 Å². The second-order valence-corrected chi connectivity index (χ2v) is 16.0. The second-order valence-electron chi connectivity index (χ2n) is 16.0. The molecule has 1 aliphatic rings. The van der Waals surface area contributed by atoms with Gasteiger partial charge in [0.1, 0.15) is 11.2 Å². The van der Waals surface area contributed by atoms with Crippen LogP contribution in [-0.2, 0) is 5.41 Å². The van der Waals surface area contributed by atoms with Gasteiger partial charge in [-0.25, -0.2) is 9.97 Å². The molecule has 0 bridgehead atoms. The summed E-state index contributed by atoms with van der Waals surface area (Å²) >= 11 is 0. The summed E-state index contributed by atoms with van der Waals surface area (Å²) in [4.78, 5) is 10.3. The summed E-state index contributed by atoms with van der Waals surface area (Å²) in [6.45, 7) is 0. The molecule has 0 spiro atoms. The van der Waals surface area contributed by atoms with E-state index in [0.717, 1.165) is 66.7 Å². The monoisotopic (exact) mass is 790 g/mol. The van der Waals surface area contributed by atoms with Crippen LogP contribution >= 0.6 is 0 Å². The first-order valence-corrected chi connectivity index (χ1v) is 21.1. The molecule has 0 atom stereocenters. The van der Waals surface area contributed by atoms with Crippen LogP contribution in [0.1, 0.15) is 22.3 Å². The predicted molar refractivity (Wildman–Crippen MR) is 254 cm³/mol. The van der Waals surface area contributed by atoms with Gasteiger partial charge in [-0.3, -0.25) is 0 Å². The molecule has 290 valence electrons. The molecule has 62 heavy (non-hydrogen) atoms. The molecule has 0 N–H and O–H groups in total. The molecule has 0 radical (unpaired) electrons. The number of rotatable bonds is 7. The third-order valence-corrected chi connectivity index (χ3v) is 12.6. The number of para-hydroxylation sites is 2. The molecule has 3 nitrogen and oxygen atoms in total. The van der Waals surface area contributed by atoms with Crippen LogP contribution < -0.4 is 0 Å². The molecule has 9 aromatic carbocycles. The third kappa shape index (κ3) is 5.67. The number of fused-ring (bicyclic) bond motifs is 6. The van der Waals surface area contributed by atoms with Crippen LogP contribution in [0.3, 0.4) is 0 Å². The zero-order valence-corrected chi connectivity index (χ0v) is 33.7. The van der Waals surface area contributed by atoms with Crippen molar-refractivity contribution in [2.24, 2.45) is 0 Å². The van der Waals surface area contributed by atoms with Crippen LogP contribution in [0, 0.1) is 0 Å². The van der Waals surface area contributed by atoms with E-state index in [1.54, 1.807) is 0 Å². The van der Waals surface area contributed by atoms with Crippen molar-refractivity contribution in [1.82, 2.24) is 9.97 Å². The highest BCUT2D eigenvalue weighted by molar-refractivity contribution is 6.09. The molecular weight excluding hydrogens is 753 g/mol. The first-order chi connectivity index (χ1) is 30.7. The van der Waals surface area contributed by atoms with E-state index < -0.39 is 5.41 Å². The fraction of sp³-hybridized carbons (Fsp3) is 0.0169. The molecule has 2 heterocycles. The van der Waals surface area contributed by atoms with Crippen molar-refractivity contribution in [3.05, 3.63) is 253 Å². The minimum atomic E-state index is -0.496.